The van der Waals surface area contributed by atoms with E-state index in [1.165, 1.54) is 17.2 Å². The fourth-order valence-electron chi connectivity index (χ4n) is 1.64. The number of rotatable bonds is 1. The Balaban J connectivity index is 2.47. The fraction of sp³-hybridized carbons (Fsp3) is 0.455. The van der Waals surface area contributed by atoms with Crippen molar-refractivity contribution < 1.29 is 0 Å². The van der Waals surface area contributed by atoms with Crippen LogP contribution in [0.15, 0.2) is 17.6 Å². The summed E-state index contributed by atoms with van der Waals surface area (Å²) in [7, 11) is 1.99. The number of aromatic nitrogens is 3. The highest BCUT2D eigenvalue weighted by Gasteiger charge is 2.19. The van der Waals surface area contributed by atoms with Crippen molar-refractivity contribution in [1.82, 2.24) is 14.2 Å². The van der Waals surface area contributed by atoms with Gasteiger partial charge in [-0.2, -0.15) is 5.10 Å². The molecule has 80 valence electrons. The zero-order valence-electron chi connectivity index (χ0n) is 9.48. The van der Waals surface area contributed by atoms with Crippen molar-refractivity contribution in [2.24, 2.45) is 7.05 Å². The molecule has 0 aliphatic heterocycles. The molecule has 2 rings (SSSR count). The summed E-state index contributed by atoms with van der Waals surface area (Å²) in [5.74, 6) is 0. The van der Waals surface area contributed by atoms with Gasteiger partial charge in [0.2, 0.25) is 0 Å². The molecule has 0 aliphatic rings. The molecule has 2 aromatic rings. The van der Waals surface area contributed by atoms with Crippen LogP contribution in [0.1, 0.15) is 26.5 Å². The van der Waals surface area contributed by atoms with E-state index in [9.17, 15) is 0 Å². The predicted molar refractivity (Wildman–Crippen MR) is 63.0 cm³/mol. The van der Waals surface area contributed by atoms with Crippen LogP contribution >= 0.6 is 11.5 Å². The maximum Gasteiger partial charge on any atom is 0.0950 e. The monoisotopic (exact) mass is 221 g/mol. The Labute approximate surface area is 93.9 Å². The average Bonchev–Trinajstić information content (AvgIpc) is 2.68. The van der Waals surface area contributed by atoms with Gasteiger partial charge in [0.1, 0.15) is 0 Å². The number of hydrogen-bond donors (Lipinski definition) is 0. The maximum absolute atomic E-state index is 4.50. The summed E-state index contributed by atoms with van der Waals surface area (Å²) in [5.41, 5.74) is 3.48. The minimum absolute atomic E-state index is 0.128. The van der Waals surface area contributed by atoms with Gasteiger partial charge in [-0.3, -0.25) is 4.68 Å². The van der Waals surface area contributed by atoms with Crippen molar-refractivity contribution in [3.05, 3.63) is 23.3 Å². The molecule has 0 atom stereocenters. The maximum atomic E-state index is 4.50. The highest BCUT2D eigenvalue weighted by atomic mass is 32.1. The number of nitrogens with zero attached hydrogens (tertiary/aromatic N) is 3. The van der Waals surface area contributed by atoms with Crippen molar-refractivity contribution in [3.63, 3.8) is 0 Å². The van der Waals surface area contributed by atoms with E-state index < -0.39 is 0 Å². The Morgan fingerprint density at radius 3 is 2.53 bits per heavy atom. The lowest BCUT2D eigenvalue weighted by Gasteiger charge is -2.17. The molecule has 4 heteroatoms. The summed E-state index contributed by atoms with van der Waals surface area (Å²) >= 11 is 1.46. The van der Waals surface area contributed by atoms with Gasteiger partial charge in [0.15, 0.2) is 0 Å². The van der Waals surface area contributed by atoms with Crippen molar-refractivity contribution in [2.75, 3.05) is 0 Å². The second-order valence-corrected chi connectivity index (χ2v) is 5.36. The van der Waals surface area contributed by atoms with Crippen LogP contribution in [0, 0.1) is 0 Å². The van der Waals surface area contributed by atoms with Gasteiger partial charge < -0.3 is 0 Å². The van der Waals surface area contributed by atoms with Crippen LogP contribution in [0.25, 0.3) is 11.3 Å². The number of hydrogen-bond acceptors (Lipinski definition) is 3. The van der Waals surface area contributed by atoms with Crippen molar-refractivity contribution in [3.8, 4) is 11.3 Å². The van der Waals surface area contributed by atoms with Gasteiger partial charge in [0, 0.05) is 29.1 Å². The average molecular weight is 221 g/mol. The Morgan fingerprint density at radius 1 is 1.33 bits per heavy atom. The zero-order valence-corrected chi connectivity index (χ0v) is 10.3. The highest BCUT2D eigenvalue weighted by molar-refractivity contribution is 7.03. The SMILES string of the molecule is Cn1nc(-c2cnsc2)cc1C(C)(C)C. The van der Waals surface area contributed by atoms with Gasteiger partial charge in [0.25, 0.3) is 0 Å². The molecule has 0 radical (unpaired) electrons. The van der Waals surface area contributed by atoms with Crippen LogP contribution in [0.5, 0.6) is 0 Å². The smallest absolute Gasteiger partial charge is 0.0950 e. The van der Waals surface area contributed by atoms with E-state index in [0.717, 1.165) is 11.3 Å². The Bertz CT molecular complexity index is 449. The summed E-state index contributed by atoms with van der Waals surface area (Å²) in [6.45, 7) is 6.58. The first-order valence-corrected chi connectivity index (χ1v) is 5.76. The highest BCUT2D eigenvalue weighted by Crippen LogP contribution is 2.27. The molecule has 15 heavy (non-hydrogen) atoms. The minimum atomic E-state index is 0.128. The van der Waals surface area contributed by atoms with E-state index in [-0.39, 0.29) is 5.41 Å². The Kier molecular flexibility index (Phi) is 2.38. The molecule has 0 bridgehead atoms. The van der Waals surface area contributed by atoms with Gasteiger partial charge >= 0.3 is 0 Å². The molecule has 2 aromatic heterocycles. The molecule has 0 unspecified atom stereocenters. The van der Waals surface area contributed by atoms with E-state index in [2.05, 4.69) is 36.3 Å². The third-order valence-corrected chi connectivity index (χ3v) is 2.96. The Hall–Kier alpha value is -1.16. The lowest BCUT2D eigenvalue weighted by Crippen LogP contribution is -2.16. The predicted octanol–water partition coefficient (Wildman–Crippen LogP) is 2.84. The second kappa shape index (κ2) is 3.45. The first kappa shape index (κ1) is 10.4. The largest absolute Gasteiger partial charge is 0.272 e. The molecule has 0 saturated heterocycles. The summed E-state index contributed by atoms with van der Waals surface area (Å²) < 4.78 is 6.04. The molecule has 0 amide bonds. The van der Waals surface area contributed by atoms with Gasteiger partial charge in [-0.15, -0.1) is 0 Å². The summed E-state index contributed by atoms with van der Waals surface area (Å²) in [4.78, 5) is 0. The molecule has 0 N–H and O–H groups in total. The minimum Gasteiger partial charge on any atom is -0.272 e. The molecule has 0 aromatic carbocycles. The van der Waals surface area contributed by atoms with Crippen LogP contribution in [-0.4, -0.2) is 14.2 Å². The molecule has 0 aliphatic carbocycles. The number of aryl methyl sites for hydroxylation is 1. The van der Waals surface area contributed by atoms with Crippen molar-refractivity contribution in [2.45, 2.75) is 26.2 Å². The molecule has 0 saturated carbocycles. The van der Waals surface area contributed by atoms with Crippen LogP contribution in [0.3, 0.4) is 0 Å². The summed E-state index contributed by atoms with van der Waals surface area (Å²) in [6, 6.07) is 2.14. The first-order valence-electron chi connectivity index (χ1n) is 4.93. The van der Waals surface area contributed by atoms with Crippen LogP contribution < -0.4 is 0 Å². The summed E-state index contributed by atoms with van der Waals surface area (Å²) in [6.07, 6.45) is 1.86. The topological polar surface area (TPSA) is 30.7 Å². The van der Waals surface area contributed by atoms with E-state index in [0.29, 0.717) is 0 Å². The molecule has 0 spiro atoms. The molecule has 3 nitrogen and oxygen atoms in total. The van der Waals surface area contributed by atoms with Crippen molar-refractivity contribution >= 4 is 11.5 Å². The van der Waals surface area contributed by atoms with Gasteiger partial charge in [-0.25, -0.2) is 4.37 Å². The lowest BCUT2D eigenvalue weighted by molar-refractivity contribution is 0.523. The molecular weight excluding hydrogens is 206 g/mol. The normalized spacial score (nSPS) is 12.0. The van der Waals surface area contributed by atoms with Gasteiger partial charge in [-0.05, 0) is 17.6 Å². The third kappa shape index (κ3) is 1.95. The first-order chi connectivity index (χ1) is 6.98. The standard InChI is InChI=1S/C11H15N3S/c1-11(2,3)10-5-9(13-14(10)4)8-6-12-15-7-8/h5-7H,1-4H3. The van der Waals surface area contributed by atoms with Crippen molar-refractivity contribution in [1.29, 1.82) is 0 Å². The zero-order chi connectivity index (χ0) is 11.1. The Morgan fingerprint density at radius 2 is 2.07 bits per heavy atom. The van der Waals surface area contributed by atoms with Crippen LogP contribution in [0.4, 0.5) is 0 Å². The van der Waals surface area contributed by atoms with Gasteiger partial charge in [-0.1, -0.05) is 20.8 Å². The van der Waals surface area contributed by atoms with E-state index in [4.69, 9.17) is 0 Å². The van der Waals surface area contributed by atoms with E-state index in [1.54, 1.807) is 0 Å². The van der Waals surface area contributed by atoms with Crippen LogP contribution in [-0.2, 0) is 12.5 Å². The fourth-order valence-corrected chi connectivity index (χ4v) is 2.17. The summed E-state index contributed by atoms with van der Waals surface area (Å²) in [5, 5.41) is 6.53. The quantitative estimate of drug-likeness (QED) is 0.741. The lowest BCUT2D eigenvalue weighted by atomic mass is 9.92. The third-order valence-electron chi connectivity index (χ3n) is 2.38. The van der Waals surface area contributed by atoms with Crippen LogP contribution in [0.2, 0.25) is 0 Å². The second-order valence-electron chi connectivity index (χ2n) is 4.70. The van der Waals surface area contributed by atoms with E-state index in [1.807, 2.05) is 23.3 Å². The molecular formula is C11H15N3S. The molecule has 2 heterocycles. The van der Waals surface area contributed by atoms with Gasteiger partial charge in [0.05, 0.1) is 11.9 Å². The molecule has 0 fully saturated rings. The van der Waals surface area contributed by atoms with E-state index >= 15 is 0 Å².